The van der Waals surface area contributed by atoms with E-state index in [-0.39, 0.29) is 11.9 Å². The first-order valence-electron chi connectivity index (χ1n) is 7.23. The molecule has 0 unspecified atom stereocenters. The van der Waals surface area contributed by atoms with Crippen molar-refractivity contribution in [1.82, 2.24) is 9.97 Å². The fraction of sp³-hybridized carbons (Fsp3) is 0.375. The van der Waals surface area contributed by atoms with Crippen LogP contribution in [0.3, 0.4) is 0 Å². The summed E-state index contributed by atoms with van der Waals surface area (Å²) < 4.78 is 13.3. The number of hydrogen-bond acceptors (Lipinski definition) is 4. The molecule has 0 aliphatic heterocycles. The van der Waals surface area contributed by atoms with Gasteiger partial charge in [-0.05, 0) is 37.8 Å². The summed E-state index contributed by atoms with van der Waals surface area (Å²) in [4.78, 5) is 8.67. The van der Waals surface area contributed by atoms with Crippen LogP contribution in [0.2, 0.25) is 0 Å². The zero-order valence-electron chi connectivity index (χ0n) is 11.7. The Labute approximate surface area is 123 Å². The predicted octanol–water partition coefficient (Wildman–Crippen LogP) is 3.00. The van der Waals surface area contributed by atoms with Crippen LogP contribution < -0.4 is 5.32 Å². The summed E-state index contributed by atoms with van der Waals surface area (Å²) in [5.74, 6) is 0.409. The number of nitrogens with zero attached hydrogens (tertiary/aromatic N) is 2. The van der Waals surface area contributed by atoms with Crippen molar-refractivity contribution in [3.63, 3.8) is 0 Å². The van der Waals surface area contributed by atoms with Crippen LogP contribution in [0.1, 0.15) is 25.7 Å². The van der Waals surface area contributed by atoms with E-state index < -0.39 is 0 Å². The average Bonchev–Trinajstić information content (AvgIpc) is 2.50. The first-order chi connectivity index (χ1) is 10.2. The molecule has 0 atom stereocenters. The van der Waals surface area contributed by atoms with Crippen molar-refractivity contribution in [3.8, 4) is 11.3 Å². The van der Waals surface area contributed by atoms with Crippen molar-refractivity contribution in [2.24, 2.45) is 0 Å². The van der Waals surface area contributed by atoms with Crippen LogP contribution in [0.15, 0.2) is 36.7 Å². The quantitative estimate of drug-likeness (QED) is 0.911. The molecule has 0 spiro atoms. The Hall–Kier alpha value is -2.01. The zero-order chi connectivity index (χ0) is 14.7. The number of aliphatic hydroxyl groups is 1. The molecule has 1 aliphatic carbocycles. The normalized spacial score (nSPS) is 22.0. The summed E-state index contributed by atoms with van der Waals surface area (Å²) >= 11 is 0. The average molecular weight is 287 g/mol. The molecule has 110 valence electrons. The smallest absolute Gasteiger partial charge is 0.145 e. The van der Waals surface area contributed by atoms with Gasteiger partial charge in [-0.3, -0.25) is 4.98 Å². The van der Waals surface area contributed by atoms with Gasteiger partial charge in [-0.1, -0.05) is 12.1 Å². The Morgan fingerprint density at radius 2 is 1.95 bits per heavy atom. The van der Waals surface area contributed by atoms with Crippen molar-refractivity contribution in [2.75, 3.05) is 5.32 Å². The summed E-state index contributed by atoms with van der Waals surface area (Å²) in [6.07, 6.45) is 6.61. The second kappa shape index (κ2) is 6.18. The summed E-state index contributed by atoms with van der Waals surface area (Å²) in [6, 6.07) is 6.64. The third-order valence-corrected chi connectivity index (χ3v) is 3.80. The number of halogens is 1. The minimum atomic E-state index is -0.283. The van der Waals surface area contributed by atoms with Crippen molar-refractivity contribution >= 4 is 5.82 Å². The third-order valence-electron chi connectivity index (χ3n) is 3.80. The van der Waals surface area contributed by atoms with E-state index in [0.29, 0.717) is 23.1 Å². The van der Waals surface area contributed by atoms with Gasteiger partial charge in [0, 0.05) is 11.6 Å². The van der Waals surface area contributed by atoms with Gasteiger partial charge in [0.2, 0.25) is 0 Å². The van der Waals surface area contributed by atoms with Crippen LogP contribution in [0.25, 0.3) is 11.3 Å². The number of rotatable bonds is 3. The van der Waals surface area contributed by atoms with Crippen molar-refractivity contribution in [3.05, 3.63) is 42.5 Å². The van der Waals surface area contributed by atoms with Gasteiger partial charge in [0.15, 0.2) is 0 Å². The first kappa shape index (κ1) is 13.9. The second-order valence-electron chi connectivity index (χ2n) is 5.45. The van der Waals surface area contributed by atoms with Crippen LogP contribution in [-0.4, -0.2) is 27.2 Å². The number of hydrogen-bond donors (Lipinski definition) is 2. The third kappa shape index (κ3) is 3.55. The molecule has 1 aromatic carbocycles. The second-order valence-corrected chi connectivity index (χ2v) is 5.45. The zero-order valence-corrected chi connectivity index (χ0v) is 11.7. The molecule has 21 heavy (non-hydrogen) atoms. The lowest BCUT2D eigenvalue weighted by Gasteiger charge is -2.26. The van der Waals surface area contributed by atoms with E-state index >= 15 is 0 Å². The van der Waals surface area contributed by atoms with E-state index in [0.717, 1.165) is 25.7 Å². The lowest BCUT2D eigenvalue weighted by atomic mass is 9.93. The molecule has 3 rings (SSSR count). The summed E-state index contributed by atoms with van der Waals surface area (Å²) in [6.45, 7) is 0. The SMILES string of the molecule is OC1CCC(Nc2cncc(-c3cccc(F)c3)n2)CC1. The molecule has 1 fully saturated rings. The van der Waals surface area contributed by atoms with Crippen LogP contribution in [-0.2, 0) is 0 Å². The van der Waals surface area contributed by atoms with E-state index in [4.69, 9.17) is 0 Å². The highest BCUT2D eigenvalue weighted by atomic mass is 19.1. The van der Waals surface area contributed by atoms with Gasteiger partial charge in [0.1, 0.15) is 11.6 Å². The Morgan fingerprint density at radius 3 is 2.71 bits per heavy atom. The van der Waals surface area contributed by atoms with Gasteiger partial charge in [0.05, 0.1) is 24.2 Å². The number of anilines is 1. The van der Waals surface area contributed by atoms with Gasteiger partial charge >= 0.3 is 0 Å². The van der Waals surface area contributed by atoms with E-state index in [1.54, 1.807) is 18.5 Å². The van der Waals surface area contributed by atoms with E-state index in [9.17, 15) is 9.50 Å². The Bertz CT molecular complexity index is 612. The highest BCUT2D eigenvalue weighted by molar-refractivity contribution is 5.59. The van der Waals surface area contributed by atoms with Crippen molar-refractivity contribution in [2.45, 2.75) is 37.8 Å². The van der Waals surface area contributed by atoms with Gasteiger partial charge in [-0.25, -0.2) is 9.37 Å². The number of benzene rings is 1. The van der Waals surface area contributed by atoms with Gasteiger partial charge < -0.3 is 10.4 Å². The van der Waals surface area contributed by atoms with Crippen molar-refractivity contribution in [1.29, 1.82) is 0 Å². The highest BCUT2D eigenvalue weighted by Crippen LogP contribution is 2.23. The van der Waals surface area contributed by atoms with E-state index in [2.05, 4.69) is 15.3 Å². The molecule has 0 amide bonds. The predicted molar refractivity (Wildman–Crippen MR) is 79.3 cm³/mol. The fourth-order valence-corrected chi connectivity index (χ4v) is 2.65. The largest absolute Gasteiger partial charge is 0.393 e. The molecule has 1 aromatic heterocycles. The molecule has 0 bridgehead atoms. The van der Waals surface area contributed by atoms with Gasteiger partial charge in [0.25, 0.3) is 0 Å². The molecule has 5 heteroatoms. The molecular weight excluding hydrogens is 269 g/mol. The van der Waals surface area contributed by atoms with Crippen LogP contribution in [0, 0.1) is 5.82 Å². The Morgan fingerprint density at radius 1 is 1.14 bits per heavy atom. The lowest BCUT2D eigenvalue weighted by molar-refractivity contribution is 0.126. The monoisotopic (exact) mass is 287 g/mol. The maximum absolute atomic E-state index is 13.3. The molecule has 2 N–H and O–H groups in total. The van der Waals surface area contributed by atoms with Crippen LogP contribution in [0.4, 0.5) is 10.2 Å². The molecule has 4 nitrogen and oxygen atoms in total. The fourth-order valence-electron chi connectivity index (χ4n) is 2.65. The molecule has 2 aromatic rings. The number of nitrogens with one attached hydrogen (secondary N) is 1. The summed E-state index contributed by atoms with van der Waals surface area (Å²) in [5, 5.41) is 12.9. The van der Waals surface area contributed by atoms with Gasteiger partial charge in [-0.2, -0.15) is 0 Å². The molecular formula is C16H18FN3O. The molecule has 1 saturated carbocycles. The topological polar surface area (TPSA) is 58.0 Å². The number of aliphatic hydroxyl groups excluding tert-OH is 1. The molecule has 1 aliphatic rings. The maximum atomic E-state index is 13.3. The summed E-state index contributed by atoms with van der Waals surface area (Å²) in [5.41, 5.74) is 1.36. The Kier molecular flexibility index (Phi) is 4.10. The number of aromatic nitrogens is 2. The molecule has 0 radical (unpaired) electrons. The Balaban J connectivity index is 1.74. The minimum Gasteiger partial charge on any atom is -0.393 e. The molecule has 1 heterocycles. The van der Waals surface area contributed by atoms with E-state index in [1.807, 2.05) is 6.07 Å². The maximum Gasteiger partial charge on any atom is 0.145 e. The van der Waals surface area contributed by atoms with Gasteiger partial charge in [-0.15, -0.1) is 0 Å². The first-order valence-corrected chi connectivity index (χ1v) is 7.23. The summed E-state index contributed by atoms with van der Waals surface area (Å²) in [7, 11) is 0. The van der Waals surface area contributed by atoms with Crippen molar-refractivity contribution < 1.29 is 9.50 Å². The standard InChI is InChI=1S/C16H18FN3O/c17-12-3-1-2-11(8-12)15-9-18-10-16(20-15)19-13-4-6-14(21)7-5-13/h1-3,8-10,13-14,21H,4-7H2,(H,19,20). The molecule has 0 saturated heterocycles. The van der Waals surface area contributed by atoms with Crippen LogP contribution in [0.5, 0.6) is 0 Å². The van der Waals surface area contributed by atoms with Crippen LogP contribution >= 0.6 is 0 Å². The lowest BCUT2D eigenvalue weighted by Crippen LogP contribution is -2.28. The van der Waals surface area contributed by atoms with E-state index in [1.165, 1.54) is 12.1 Å². The highest BCUT2D eigenvalue weighted by Gasteiger charge is 2.19. The minimum absolute atomic E-state index is 0.173.